The summed E-state index contributed by atoms with van der Waals surface area (Å²) in [4.78, 5) is 16.8. The summed E-state index contributed by atoms with van der Waals surface area (Å²) < 4.78 is 2.19. The fraction of sp³-hybridized carbons (Fsp3) is 0.286. The summed E-state index contributed by atoms with van der Waals surface area (Å²) in [5.74, 6) is 2.04. The highest BCUT2D eigenvalue weighted by atomic mass is 32.2. The number of amidine groups is 1. The van der Waals surface area contributed by atoms with Crippen molar-refractivity contribution in [1.29, 1.82) is 0 Å². The second-order valence-electron chi connectivity index (χ2n) is 6.83. The summed E-state index contributed by atoms with van der Waals surface area (Å²) >= 11 is 1.87. The van der Waals surface area contributed by atoms with Crippen molar-refractivity contribution in [3.8, 4) is 5.82 Å². The molecule has 6 heteroatoms. The van der Waals surface area contributed by atoms with Gasteiger partial charge in [-0.3, -0.25) is 9.98 Å². The van der Waals surface area contributed by atoms with Gasteiger partial charge >= 0.3 is 0 Å². The van der Waals surface area contributed by atoms with E-state index in [1.165, 1.54) is 5.69 Å². The lowest BCUT2D eigenvalue weighted by Gasteiger charge is -2.32. The Morgan fingerprint density at radius 3 is 2.63 bits per heavy atom. The first kappa shape index (κ1) is 16.6. The molecule has 2 aliphatic rings. The molecule has 2 aliphatic heterocycles. The molecule has 0 saturated carbocycles. The Bertz CT molecular complexity index is 953. The van der Waals surface area contributed by atoms with Crippen LogP contribution in [0.1, 0.15) is 36.8 Å². The molecule has 3 atom stereocenters. The lowest BCUT2D eigenvalue weighted by Crippen LogP contribution is -2.36. The number of pyridine rings is 2. The van der Waals surface area contributed by atoms with E-state index in [-0.39, 0.29) is 12.1 Å². The van der Waals surface area contributed by atoms with Crippen LogP contribution in [0.2, 0.25) is 0 Å². The smallest absolute Gasteiger partial charge is 0.160 e. The summed E-state index contributed by atoms with van der Waals surface area (Å²) in [7, 11) is 0. The first-order valence-corrected chi connectivity index (χ1v) is 10.3. The van der Waals surface area contributed by atoms with Crippen molar-refractivity contribution < 1.29 is 0 Å². The van der Waals surface area contributed by atoms with Gasteiger partial charge in [0, 0.05) is 36.1 Å². The number of thioether (sulfide) groups is 1. The van der Waals surface area contributed by atoms with Crippen LogP contribution >= 0.6 is 11.8 Å². The van der Waals surface area contributed by atoms with Gasteiger partial charge in [0.15, 0.2) is 5.17 Å². The first-order chi connectivity index (χ1) is 13.4. The topological polar surface area (TPSA) is 46.3 Å². The number of aromatic nitrogens is 3. The SMILES string of the molecule is CC[C@H]1CSC2=N[C@H](c3ccccn3)[C@@H](c3cccn3-c3ccccn3)N21. The third-order valence-corrected chi connectivity index (χ3v) is 6.43. The number of fused-ring (bicyclic) bond motifs is 1. The van der Waals surface area contributed by atoms with Gasteiger partial charge in [0.1, 0.15) is 17.9 Å². The Kier molecular flexibility index (Phi) is 4.20. The summed E-state index contributed by atoms with van der Waals surface area (Å²) in [6.07, 6.45) is 6.90. The van der Waals surface area contributed by atoms with E-state index in [4.69, 9.17) is 4.99 Å². The second kappa shape index (κ2) is 6.85. The van der Waals surface area contributed by atoms with Gasteiger partial charge in [-0.05, 0) is 42.8 Å². The van der Waals surface area contributed by atoms with Gasteiger partial charge in [0.25, 0.3) is 0 Å². The molecule has 1 fully saturated rings. The molecule has 5 heterocycles. The number of aliphatic imine (C=N–C) groups is 1. The van der Waals surface area contributed by atoms with E-state index in [1.807, 2.05) is 54.5 Å². The van der Waals surface area contributed by atoms with Crippen molar-refractivity contribution in [2.45, 2.75) is 31.5 Å². The summed E-state index contributed by atoms with van der Waals surface area (Å²) in [5, 5.41) is 1.15. The van der Waals surface area contributed by atoms with E-state index < -0.39 is 0 Å². The Morgan fingerprint density at radius 1 is 1.04 bits per heavy atom. The largest absolute Gasteiger partial charge is 0.337 e. The minimum Gasteiger partial charge on any atom is -0.337 e. The maximum Gasteiger partial charge on any atom is 0.160 e. The predicted octanol–water partition coefficient (Wildman–Crippen LogP) is 4.25. The van der Waals surface area contributed by atoms with E-state index >= 15 is 0 Å². The highest BCUT2D eigenvalue weighted by molar-refractivity contribution is 8.14. The quantitative estimate of drug-likeness (QED) is 0.684. The molecule has 1 saturated heterocycles. The average molecular weight is 376 g/mol. The fourth-order valence-corrected chi connectivity index (χ4v) is 5.35. The minimum absolute atomic E-state index is 0.000382. The predicted molar refractivity (Wildman–Crippen MR) is 109 cm³/mol. The molecule has 0 aromatic carbocycles. The zero-order chi connectivity index (χ0) is 18.2. The molecular formula is C21H21N5S. The van der Waals surface area contributed by atoms with Gasteiger partial charge in [0.05, 0.1) is 5.69 Å². The Morgan fingerprint density at radius 2 is 1.89 bits per heavy atom. The summed E-state index contributed by atoms with van der Waals surface area (Å²) in [6, 6.07) is 17.0. The highest BCUT2D eigenvalue weighted by Gasteiger charge is 2.46. The molecule has 0 unspecified atom stereocenters. The molecule has 3 aromatic rings. The van der Waals surface area contributed by atoms with Crippen LogP contribution in [0, 0.1) is 0 Å². The summed E-state index contributed by atoms with van der Waals surface area (Å²) in [6.45, 7) is 2.26. The molecule has 5 rings (SSSR count). The maximum atomic E-state index is 5.10. The van der Waals surface area contributed by atoms with E-state index in [0.717, 1.165) is 28.9 Å². The lowest BCUT2D eigenvalue weighted by molar-refractivity contribution is 0.248. The molecule has 0 spiro atoms. The molecule has 0 radical (unpaired) electrons. The molecule has 0 aliphatic carbocycles. The minimum atomic E-state index is 0.000382. The van der Waals surface area contributed by atoms with E-state index in [9.17, 15) is 0 Å². The van der Waals surface area contributed by atoms with Crippen LogP contribution in [0.5, 0.6) is 0 Å². The molecule has 136 valence electrons. The van der Waals surface area contributed by atoms with Crippen LogP contribution in [-0.4, -0.2) is 36.4 Å². The Hall–Kier alpha value is -2.60. The van der Waals surface area contributed by atoms with Crippen LogP contribution in [0.4, 0.5) is 0 Å². The number of hydrogen-bond acceptors (Lipinski definition) is 5. The van der Waals surface area contributed by atoms with Gasteiger partial charge in [-0.2, -0.15) is 0 Å². The van der Waals surface area contributed by atoms with Gasteiger partial charge in [-0.15, -0.1) is 0 Å². The van der Waals surface area contributed by atoms with Crippen LogP contribution in [0.3, 0.4) is 0 Å². The number of nitrogens with zero attached hydrogens (tertiary/aromatic N) is 5. The summed E-state index contributed by atoms with van der Waals surface area (Å²) in [5.41, 5.74) is 2.23. The molecule has 27 heavy (non-hydrogen) atoms. The Labute approximate surface area is 163 Å². The van der Waals surface area contributed by atoms with Gasteiger partial charge < -0.3 is 9.47 Å². The highest BCUT2D eigenvalue weighted by Crippen LogP contribution is 2.48. The van der Waals surface area contributed by atoms with E-state index in [2.05, 4.69) is 50.8 Å². The van der Waals surface area contributed by atoms with Crippen molar-refractivity contribution in [2.24, 2.45) is 4.99 Å². The molecule has 0 N–H and O–H groups in total. The normalized spacial score (nSPS) is 24.1. The number of rotatable bonds is 4. The van der Waals surface area contributed by atoms with Gasteiger partial charge in [0.2, 0.25) is 0 Å². The van der Waals surface area contributed by atoms with Crippen molar-refractivity contribution in [3.63, 3.8) is 0 Å². The van der Waals surface area contributed by atoms with Crippen molar-refractivity contribution in [1.82, 2.24) is 19.4 Å². The van der Waals surface area contributed by atoms with Crippen LogP contribution < -0.4 is 0 Å². The van der Waals surface area contributed by atoms with Gasteiger partial charge in [-0.25, -0.2) is 4.98 Å². The molecule has 3 aromatic heterocycles. The molecule has 0 amide bonds. The zero-order valence-corrected chi connectivity index (χ0v) is 16.0. The standard InChI is InChI=1S/C21H21N5S/c1-2-15-14-27-21-24-19(16-8-3-5-11-22-16)20(26(15)21)17-9-7-13-25(17)18-10-4-6-12-23-18/h3-13,15,19-20H,2,14H2,1H3/t15-,19+,20+/m0/s1. The van der Waals surface area contributed by atoms with Crippen molar-refractivity contribution >= 4 is 16.9 Å². The lowest BCUT2D eigenvalue weighted by atomic mass is 9.99. The third kappa shape index (κ3) is 2.75. The van der Waals surface area contributed by atoms with Gasteiger partial charge in [-0.1, -0.05) is 30.8 Å². The van der Waals surface area contributed by atoms with Crippen LogP contribution in [0.25, 0.3) is 5.82 Å². The average Bonchev–Trinajstić information content (AvgIpc) is 3.44. The molecule has 5 nitrogen and oxygen atoms in total. The van der Waals surface area contributed by atoms with Crippen molar-refractivity contribution in [3.05, 3.63) is 78.5 Å². The zero-order valence-electron chi connectivity index (χ0n) is 15.1. The van der Waals surface area contributed by atoms with Crippen molar-refractivity contribution in [2.75, 3.05) is 5.75 Å². The third-order valence-electron chi connectivity index (χ3n) is 5.31. The Balaban J connectivity index is 1.63. The molecule has 0 bridgehead atoms. The second-order valence-corrected chi connectivity index (χ2v) is 7.81. The molecular weight excluding hydrogens is 354 g/mol. The van der Waals surface area contributed by atoms with E-state index in [1.54, 1.807) is 0 Å². The maximum absolute atomic E-state index is 5.10. The van der Waals surface area contributed by atoms with E-state index in [0.29, 0.717) is 6.04 Å². The van der Waals surface area contributed by atoms with Crippen LogP contribution in [0.15, 0.2) is 72.1 Å². The van der Waals surface area contributed by atoms with Crippen LogP contribution in [-0.2, 0) is 0 Å². The number of hydrogen-bond donors (Lipinski definition) is 0. The monoisotopic (exact) mass is 375 g/mol. The first-order valence-electron chi connectivity index (χ1n) is 9.35. The fourth-order valence-electron chi connectivity index (χ4n) is 4.01.